The summed E-state index contributed by atoms with van der Waals surface area (Å²) in [7, 11) is 1.67. The summed E-state index contributed by atoms with van der Waals surface area (Å²) in [5.74, 6) is 1.22. The Morgan fingerprint density at radius 3 is 1.92 bits per heavy atom. The molecular weight excluding hydrogens is 312 g/mol. The van der Waals surface area contributed by atoms with E-state index in [2.05, 4.69) is 40.7 Å². The van der Waals surface area contributed by atoms with Gasteiger partial charge in [0, 0.05) is 17.5 Å². The zero-order chi connectivity index (χ0) is 18.6. The number of rotatable bonds is 6. The number of carbonyl (C=O) groups is 1. The quantitative estimate of drug-likeness (QED) is 0.500. The maximum atomic E-state index is 12.2. The predicted octanol–water partition coefficient (Wildman–Crippen LogP) is 5.69. The van der Waals surface area contributed by atoms with Gasteiger partial charge in [0.2, 0.25) is 0 Å². The minimum absolute atomic E-state index is 0.185. The Bertz CT molecular complexity index is 775. The number of unbranched alkanes of at least 4 members (excludes halogenated alkanes) is 1. The number of hydrogen-bond acceptors (Lipinski definition) is 3. The molecular formula is C22H28O3. The van der Waals surface area contributed by atoms with E-state index in [0.717, 1.165) is 46.4 Å². The SMILES string of the molecule is CCCCC(=O)Oc1ccc(C)c(C)c1-c1c(OC)ccc(C)c1C. The van der Waals surface area contributed by atoms with Crippen molar-refractivity contribution in [3.8, 4) is 22.6 Å². The van der Waals surface area contributed by atoms with Crippen molar-refractivity contribution in [2.24, 2.45) is 0 Å². The van der Waals surface area contributed by atoms with Crippen LogP contribution in [0, 0.1) is 27.7 Å². The Labute approximate surface area is 151 Å². The molecule has 0 unspecified atom stereocenters. The zero-order valence-electron chi connectivity index (χ0n) is 16.2. The van der Waals surface area contributed by atoms with E-state index in [1.54, 1.807) is 7.11 Å². The Kier molecular flexibility index (Phi) is 6.24. The number of esters is 1. The van der Waals surface area contributed by atoms with Crippen LogP contribution in [-0.4, -0.2) is 13.1 Å². The number of methoxy groups -OCH3 is 1. The van der Waals surface area contributed by atoms with E-state index in [4.69, 9.17) is 9.47 Å². The van der Waals surface area contributed by atoms with Gasteiger partial charge in [-0.2, -0.15) is 0 Å². The summed E-state index contributed by atoms with van der Waals surface area (Å²) in [4.78, 5) is 12.2. The summed E-state index contributed by atoms with van der Waals surface area (Å²) in [5, 5.41) is 0. The number of hydrogen-bond donors (Lipinski definition) is 0. The first-order chi connectivity index (χ1) is 11.9. The van der Waals surface area contributed by atoms with Gasteiger partial charge in [-0.1, -0.05) is 25.5 Å². The van der Waals surface area contributed by atoms with Gasteiger partial charge in [0.05, 0.1) is 7.11 Å². The minimum atomic E-state index is -0.185. The Morgan fingerprint density at radius 1 is 0.880 bits per heavy atom. The summed E-state index contributed by atoms with van der Waals surface area (Å²) in [6.07, 6.45) is 2.25. The van der Waals surface area contributed by atoms with Crippen LogP contribution < -0.4 is 9.47 Å². The highest BCUT2D eigenvalue weighted by Crippen LogP contribution is 2.43. The molecule has 0 aromatic heterocycles. The third-order valence-corrected chi connectivity index (χ3v) is 4.82. The van der Waals surface area contributed by atoms with Gasteiger partial charge in [0.15, 0.2) is 0 Å². The summed E-state index contributed by atoms with van der Waals surface area (Å²) in [6, 6.07) is 7.92. The van der Waals surface area contributed by atoms with Crippen LogP contribution in [0.2, 0.25) is 0 Å². The molecule has 2 aromatic carbocycles. The van der Waals surface area contributed by atoms with Crippen molar-refractivity contribution in [3.63, 3.8) is 0 Å². The first-order valence-corrected chi connectivity index (χ1v) is 8.86. The van der Waals surface area contributed by atoms with Crippen molar-refractivity contribution in [2.75, 3.05) is 7.11 Å². The average Bonchev–Trinajstić information content (AvgIpc) is 2.59. The Balaban J connectivity index is 2.63. The normalized spacial score (nSPS) is 10.6. The monoisotopic (exact) mass is 340 g/mol. The second-order valence-electron chi connectivity index (χ2n) is 6.54. The first-order valence-electron chi connectivity index (χ1n) is 8.86. The van der Waals surface area contributed by atoms with Gasteiger partial charge in [-0.05, 0) is 68.5 Å². The predicted molar refractivity (Wildman–Crippen MR) is 103 cm³/mol. The van der Waals surface area contributed by atoms with Gasteiger partial charge < -0.3 is 9.47 Å². The van der Waals surface area contributed by atoms with E-state index in [-0.39, 0.29) is 5.97 Å². The maximum Gasteiger partial charge on any atom is 0.311 e. The molecule has 3 heteroatoms. The van der Waals surface area contributed by atoms with Crippen molar-refractivity contribution < 1.29 is 14.3 Å². The van der Waals surface area contributed by atoms with Gasteiger partial charge in [-0.25, -0.2) is 0 Å². The molecule has 3 nitrogen and oxygen atoms in total. The molecule has 134 valence electrons. The van der Waals surface area contributed by atoms with Crippen LogP contribution >= 0.6 is 0 Å². The van der Waals surface area contributed by atoms with Crippen molar-refractivity contribution in [2.45, 2.75) is 53.9 Å². The van der Waals surface area contributed by atoms with Gasteiger partial charge in [0.1, 0.15) is 11.5 Å². The smallest absolute Gasteiger partial charge is 0.311 e. The van der Waals surface area contributed by atoms with E-state index < -0.39 is 0 Å². The van der Waals surface area contributed by atoms with Crippen LogP contribution in [0.5, 0.6) is 11.5 Å². The molecule has 0 saturated carbocycles. The second-order valence-corrected chi connectivity index (χ2v) is 6.54. The number of benzene rings is 2. The van der Waals surface area contributed by atoms with Crippen molar-refractivity contribution in [1.82, 2.24) is 0 Å². The van der Waals surface area contributed by atoms with Crippen molar-refractivity contribution >= 4 is 5.97 Å². The van der Waals surface area contributed by atoms with Crippen LogP contribution in [0.1, 0.15) is 48.4 Å². The highest BCUT2D eigenvalue weighted by Gasteiger charge is 2.20. The largest absolute Gasteiger partial charge is 0.496 e. The molecule has 0 fully saturated rings. The van der Waals surface area contributed by atoms with Gasteiger partial charge >= 0.3 is 5.97 Å². The summed E-state index contributed by atoms with van der Waals surface area (Å²) < 4.78 is 11.4. The third kappa shape index (κ3) is 4.04. The fourth-order valence-corrected chi connectivity index (χ4v) is 2.95. The topological polar surface area (TPSA) is 35.5 Å². The van der Waals surface area contributed by atoms with Gasteiger partial charge in [-0.3, -0.25) is 4.79 Å². The molecule has 0 aliphatic rings. The molecule has 0 N–H and O–H groups in total. The number of ether oxygens (including phenoxy) is 2. The molecule has 0 heterocycles. The summed E-state index contributed by atoms with van der Waals surface area (Å²) in [6.45, 7) is 10.4. The molecule has 2 aromatic rings. The molecule has 0 aliphatic carbocycles. The van der Waals surface area contributed by atoms with E-state index in [1.807, 2.05) is 18.2 Å². The van der Waals surface area contributed by atoms with Crippen LogP contribution in [0.15, 0.2) is 24.3 Å². The maximum absolute atomic E-state index is 12.2. The molecule has 0 radical (unpaired) electrons. The Morgan fingerprint density at radius 2 is 1.40 bits per heavy atom. The molecule has 2 rings (SSSR count). The number of carbonyl (C=O) groups excluding carboxylic acids is 1. The molecule has 0 spiro atoms. The standard InChI is InChI=1S/C22H28O3/c1-7-8-9-20(23)25-19-13-11-15(3)17(5)22(19)21-16(4)14(2)10-12-18(21)24-6/h10-13H,7-9H2,1-6H3. The average molecular weight is 340 g/mol. The third-order valence-electron chi connectivity index (χ3n) is 4.82. The lowest BCUT2D eigenvalue weighted by Crippen LogP contribution is -2.09. The highest BCUT2D eigenvalue weighted by atomic mass is 16.5. The molecule has 0 bridgehead atoms. The minimum Gasteiger partial charge on any atom is -0.496 e. The number of aryl methyl sites for hydroxylation is 2. The van der Waals surface area contributed by atoms with E-state index in [0.29, 0.717) is 12.2 Å². The van der Waals surface area contributed by atoms with Crippen LogP contribution in [-0.2, 0) is 4.79 Å². The molecule has 0 amide bonds. The first kappa shape index (κ1) is 19.0. The lowest BCUT2D eigenvalue weighted by molar-refractivity contribution is -0.134. The fraction of sp³-hybridized carbons (Fsp3) is 0.409. The fourth-order valence-electron chi connectivity index (χ4n) is 2.95. The summed E-state index contributed by atoms with van der Waals surface area (Å²) >= 11 is 0. The van der Waals surface area contributed by atoms with Gasteiger partial charge in [0.25, 0.3) is 0 Å². The van der Waals surface area contributed by atoms with Crippen LogP contribution in [0.25, 0.3) is 11.1 Å². The van der Waals surface area contributed by atoms with Crippen molar-refractivity contribution in [1.29, 1.82) is 0 Å². The molecule has 0 aliphatic heterocycles. The van der Waals surface area contributed by atoms with E-state index in [9.17, 15) is 4.79 Å². The van der Waals surface area contributed by atoms with Crippen LogP contribution in [0.3, 0.4) is 0 Å². The lowest BCUT2D eigenvalue weighted by Gasteiger charge is -2.20. The van der Waals surface area contributed by atoms with Gasteiger partial charge in [-0.15, -0.1) is 0 Å². The highest BCUT2D eigenvalue weighted by molar-refractivity contribution is 5.85. The lowest BCUT2D eigenvalue weighted by atomic mass is 9.90. The van der Waals surface area contributed by atoms with E-state index >= 15 is 0 Å². The molecule has 0 atom stereocenters. The summed E-state index contributed by atoms with van der Waals surface area (Å²) in [5.41, 5.74) is 6.53. The van der Waals surface area contributed by atoms with Crippen molar-refractivity contribution in [3.05, 3.63) is 46.5 Å². The Hall–Kier alpha value is -2.29. The van der Waals surface area contributed by atoms with E-state index in [1.165, 1.54) is 5.56 Å². The second kappa shape index (κ2) is 8.19. The van der Waals surface area contributed by atoms with Crippen LogP contribution in [0.4, 0.5) is 0 Å². The molecule has 0 saturated heterocycles. The zero-order valence-corrected chi connectivity index (χ0v) is 16.2. The molecule has 25 heavy (non-hydrogen) atoms.